The number of rotatable bonds is 3. The van der Waals surface area contributed by atoms with E-state index in [0.717, 1.165) is 6.26 Å². The molecule has 0 amide bonds. The van der Waals surface area contributed by atoms with Gasteiger partial charge in [0.05, 0.1) is 17.5 Å². The van der Waals surface area contributed by atoms with Gasteiger partial charge in [0.2, 0.25) is 0 Å². The predicted octanol–water partition coefficient (Wildman–Crippen LogP) is -0.730. The lowest BCUT2D eigenvalue weighted by molar-refractivity contribution is 0.507. The Balaban J connectivity index is 2.53. The molecule has 3 N–H and O–H groups in total. The van der Waals surface area contributed by atoms with Gasteiger partial charge in [0, 0.05) is 13.3 Å². The third-order valence-corrected chi connectivity index (χ3v) is 5.96. The number of nitrogens with one attached hydrogen (secondary N) is 1. The molecule has 0 spiro atoms. The summed E-state index contributed by atoms with van der Waals surface area (Å²) in [5, 5.41) is 6.75. The number of hydrogen-bond acceptors (Lipinski definition) is 7. The Labute approximate surface area is 111 Å². The van der Waals surface area contributed by atoms with Gasteiger partial charge in [-0.1, -0.05) is 0 Å². The smallest absolute Gasteiger partial charge is 0.182 e. The first-order valence-electron chi connectivity index (χ1n) is 5.62. The van der Waals surface area contributed by atoms with Crippen LogP contribution in [0, 0.1) is 0 Å². The predicted molar refractivity (Wildman–Crippen MR) is 71.6 cm³/mol. The fourth-order valence-electron chi connectivity index (χ4n) is 2.21. The van der Waals surface area contributed by atoms with Crippen molar-refractivity contribution in [2.75, 3.05) is 35.9 Å². The molecule has 1 aliphatic heterocycles. The van der Waals surface area contributed by atoms with Gasteiger partial charge in [0.1, 0.15) is 5.82 Å². The molecule has 1 saturated heterocycles. The molecule has 0 bridgehead atoms. The number of nitrogens with zero attached hydrogens (tertiary/aromatic N) is 2. The van der Waals surface area contributed by atoms with Crippen LogP contribution in [-0.2, 0) is 19.7 Å². The molecule has 0 saturated carbocycles. The summed E-state index contributed by atoms with van der Waals surface area (Å²) in [6, 6.07) is -0.410. The lowest BCUT2D eigenvalue weighted by Crippen LogP contribution is -2.15. The number of hydrogen-bond donors (Lipinski definition) is 2. The summed E-state index contributed by atoms with van der Waals surface area (Å²) in [5.74, 6) is 0.129. The molecule has 108 valence electrons. The summed E-state index contributed by atoms with van der Waals surface area (Å²) in [6.45, 7) is 0. The summed E-state index contributed by atoms with van der Waals surface area (Å²) in [4.78, 5) is -0.0840. The zero-order chi connectivity index (χ0) is 14.4. The van der Waals surface area contributed by atoms with Crippen molar-refractivity contribution in [2.45, 2.75) is 17.4 Å². The van der Waals surface area contributed by atoms with Gasteiger partial charge in [-0.2, -0.15) is 5.10 Å². The molecule has 8 nitrogen and oxygen atoms in total. The maximum atomic E-state index is 11.7. The Morgan fingerprint density at radius 3 is 2.47 bits per heavy atom. The lowest BCUT2D eigenvalue weighted by atomic mass is 10.3. The van der Waals surface area contributed by atoms with Crippen molar-refractivity contribution in [2.24, 2.45) is 0 Å². The third kappa shape index (κ3) is 2.54. The second-order valence-corrected chi connectivity index (χ2v) is 8.77. The van der Waals surface area contributed by atoms with E-state index in [0.29, 0.717) is 6.42 Å². The topological polar surface area (TPSA) is 124 Å². The van der Waals surface area contributed by atoms with Crippen molar-refractivity contribution in [3.8, 4) is 0 Å². The lowest BCUT2D eigenvalue weighted by Gasteiger charge is -2.10. The highest BCUT2D eigenvalue weighted by Gasteiger charge is 2.33. The fourth-order valence-corrected chi connectivity index (χ4v) is 4.87. The van der Waals surface area contributed by atoms with Gasteiger partial charge in [0.25, 0.3) is 0 Å². The van der Waals surface area contributed by atoms with Gasteiger partial charge in [-0.3, -0.25) is 0 Å². The maximum absolute atomic E-state index is 11.7. The molecule has 1 aliphatic rings. The Kier molecular flexibility index (Phi) is 3.25. The average molecular weight is 308 g/mol. The van der Waals surface area contributed by atoms with E-state index in [1.807, 2.05) is 0 Å². The van der Waals surface area contributed by atoms with Gasteiger partial charge in [0.15, 0.2) is 30.4 Å². The van der Waals surface area contributed by atoms with Crippen LogP contribution in [0.15, 0.2) is 4.90 Å². The van der Waals surface area contributed by atoms with Gasteiger partial charge in [-0.15, -0.1) is 0 Å². The summed E-state index contributed by atoms with van der Waals surface area (Å²) in [7, 11) is -5.09. The second-order valence-electron chi connectivity index (χ2n) is 4.59. The number of sulfone groups is 2. The van der Waals surface area contributed by atoms with E-state index < -0.39 is 25.7 Å². The number of anilines is 2. The summed E-state index contributed by atoms with van der Waals surface area (Å²) in [5.41, 5.74) is 5.82. The second kappa shape index (κ2) is 4.37. The molecule has 0 aromatic carbocycles. The van der Waals surface area contributed by atoms with Crippen LogP contribution in [0.5, 0.6) is 0 Å². The molecule has 19 heavy (non-hydrogen) atoms. The Bertz CT molecular complexity index is 705. The Hall–Kier alpha value is -1.29. The van der Waals surface area contributed by atoms with Crippen molar-refractivity contribution in [3.05, 3.63) is 0 Å². The average Bonchev–Trinajstić information content (AvgIpc) is 2.77. The van der Waals surface area contributed by atoms with E-state index in [9.17, 15) is 16.8 Å². The zero-order valence-electron chi connectivity index (χ0n) is 10.6. The van der Waals surface area contributed by atoms with E-state index in [-0.39, 0.29) is 28.0 Å². The molecule has 1 fully saturated rings. The molecule has 0 aliphatic carbocycles. The van der Waals surface area contributed by atoms with Crippen molar-refractivity contribution < 1.29 is 16.8 Å². The van der Waals surface area contributed by atoms with Gasteiger partial charge in [-0.05, 0) is 6.42 Å². The molecule has 1 unspecified atom stereocenters. The van der Waals surface area contributed by atoms with Crippen molar-refractivity contribution in [1.82, 2.24) is 9.78 Å². The SMILES string of the molecule is CNc1nn(C2CCS(=O)(=O)C2)c(N)c1S(C)(=O)=O. The quantitative estimate of drug-likeness (QED) is 0.754. The molecule has 1 atom stereocenters. The minimum Gasteiger partial charge on any atom is -0.383 e. The monoisotopic (exact) mass is 308 g/mol. The highest BCUT2D eigenvalue weighted by molar-refractivity contribution is 7.91. The standard InChI is InChI=1S/C9H16N4O4S2/c1-11-9-7(18(2,14)15)8(10)13(12-9)6-3-4-19(16,17)5-6/h6H,3-5,10H2,1-2H3,(H,11,12). The van der Waals surface area contributed by atoms with Crippen LogP contribution >= 0.6 is 0 Å². The molecular formula is C9H16N4O4S2. The molecule has 1 aromatic heterocycles. The van der Waals surface area contributed by atoms with E-state index in [1.165, 1.54) is 11.7 Å². The fraction of sp³-hybridized carbons (Fsp3) is 0.667. The largest absolute Gasteiger partial charge is 0.383 e. The maximum Gasteiger partial charge on any atom is 0.182 e. The Morgan fingerprint density at radius 2 is 2.11 bits per heavy atom. The minimum atomic E-state index is -3.53. The van der Waals surface area contributed by atoms with E-state index in [1.54, 1.807) is 0 Å². The van der Waals surface area contributed by atoms with Crippen LogP contribution in [0.2, 0.25) is 0 Å². The first-order valence-corrected chi connectivity index (χ1v) is 9.33. The van der Waals surface area contributed by atoms with Crippen molar-refractivity contribution in [1.29, 1.82) is 0 Å². The van der Waals surface area contributed by atoms with Crippen LogP contribution < -0.4 is 11.1 Å². The van der Waals surface area contributed by atoms with E-state index >= 15 is 0 Å². The number of nitrogens with two attached hydrogens (primary N) is 1. The van der Waals surface area contributed by atoms with Crippen molar-refractivity contribution in [3.63, 3.8) is 0 Å². The van der Waals surface area contributed by atoms with Gasteiger partial charge < -0.3 is 11.1 Å². The molecule has 10 heteroatoms. The summed E-state index contributed by atoms with van der Waals surface area (Å²) < 4.78 is 47.6. The normalized spacial score (nSPS) is 22.5. The first-order chi connectivity index (χ1) is 8.65. The molecule has 1 aromatic rings. The molecule has 0 radical (unpaired) electrons. The van der Waals surface area contributed by atoms with E-state index in [4.69, 9.17) is 5.73 Å². The molecular weight excluding hydrogens is 292 g/mol. The number of nitrogen functional groups attached to an aromatic ring is 1. The van der Waals surface area contributed by atoms with Gasteiger partial charge >= 0.3 is 0 Å². The van der Waals surface area contributed by atoms with Crippen molar-refractivity contribution >= 4 is 31.3 Å². The van der Waals surface area contributed by atoms with Gasteiger partial charge in [-0.25, -0.2) is 21.5 Å². The third-order valence-electron chi connectivity index (χ3n) is 3.06. The Morgan fingerprint density at radius 1 is 1.47 bits per heavy atom. The zero-order valence-corrected chi connectivity index (χ0v) is 12.3. The summed E-state index contributed by atoms with van der Waals surface area (Å²) >= 11 is 0. The van der Waals surface area contributed by atoms with Crippen LogP contribution in [0.1, 0.15) is 12.5 Å². The highest BCUT2D eigenvalue weighted by atomic mass is 32.2. The van der Waals surface area contributed by atoms with Crippen LogP contribution in [-0.4, -0.2) is 51.4 Å². The number of aromatic nitrogens is 2. The van der Waals surface area contributed by atoms with Crippen LogP contribution in [0.25, 0.3) is 0 Å². The molecule has 2 heterocycles. The van der Waals surface area contributed by atoms with Crippen LogP contribution in [0.4, 0.5) is 11.6 Å². The van der Waals surface area contributed by atoms with E-state index in [2.05, 4.69) is 10.4 Å². The first kappa shape index (κ1) is 14.1. The molecule has 2 rings (SSSR count). The minimum absolute atomic E-state index is 0.0195. The summed E-state index contributed by atoms with van der Waals surface area (Å²) in [6.07, 6.45) is 1.43. The van der Waals surface area contributed by atoms with Crippen LogP contribution in [0.3, 0.4) is 0 Å². The highest BCUT2D eigenvalue weighted by Crippen LogP contribution is 2.32.